The van der Waals surface area contributed by atoms with E-state index < -0.39 is 6.29 Å². The maximum absolute atomic E-state index is 12.0. The highest BCUT2D eigenvalue weighted by Crippen LogP contribution is 2.20. The molecule has 0 aromatic heterocycles. The van der Waals surface area contributed by atoms with Crippen LogP contribution in [0, 0.1) is 0 Å². The van der Waals surface area contributed by atoms with E-state index in [9.17, 15) is 4.79 Å². The summed E-state index contributed by atoms with van der Waals surface area (Å²) in [5, 5.41) is 0. The molecule has 0 N–H and O–H groups in total. The van der Waals surface area contributed by atoms with Crippen molar-refractivity contribution in [3.05, 3.63) is 65.7 Å². The number of ketones is 1. The van der Waals surface area contributed by atoms with Gasteiger partial charge in [-0.3, -0.25) is 4.79 Å². The molecule has 138 valence electrons. The SMILES string of the molecule is COc1ccc(CO[C@H]2CC(=O)C[C@@H](COCc3ccccc3)O2)cc1. The van der Waals surface area contributed by atoms with Crippen molar-refractivity contribution < 1.29 is 23.7 Å². The first kappa shape index (κ1) is 18.6. The Morgan fingerprint density at radius 3 is 2.42 bits per heavy atom. The zero-order chi connectivity index (χ0) is 18.2. The summed E-state index contributed by atoms with van der Waals surface area (Å²) in [6.45, 7) is 1.27. The highest BCUT2D eigenvalue weighted by Gasteiger charge is 2.28. The third kappa shape index (κ3) is 5.66. The van der Waals surface area contributed by atoms with Crippen molar-refractivity contribution in [2.24, 2.45) is 0 Å². The highest BCUT2D eigenvalue weighted by molar-refractivity contribution is 5.79. The lowest BCUT2D eigenvalue weighted by Gasteiger charge is -2.29. The second kappa shape index (κ2) is 9.48. The first-order valence-electron chi connectivity index (χ1n) is 8.76. The van der Waals surface area contributed by atoms with Gasteiger partial charge >= 0.3 is 0 Å². The summed E-state index contributed by atoms with van der Waals surface area (Å²) >= 11 is 0. The van der Waals surface area contributed by atoms with Gasteiger partial charge in [0.05, 0.1) is 39.5 Å². The maximum Gasteiger partial charge on any atom is 0.165 e. The maximum atomic E-state index is 12.0. The van der Waals surface area contributed by atoms with E-state index in [4.69, 9.17) is 18.9 Å². The molecule has 0 unspecified atom stereocenters. The molecule has 3 rings (SSSR count). The van der Waals surface area contributed by atoms with Crippen LogP contribution in [0.4, 0.5) is 0 Å². The Morgan fingerprint density at radius 1 is 0.962 bits per heavy atom. The lowest BCUT2D eigenvalue weighted by molar-refractivity contribution is -0.208. The van der Waals surface area contributed by atoms with Gasteiger partial charge < -0.3 is 18.9 Å². The minimum absolute atomic E-state index is 0.143. The van der Waals surface area contributed by atoms with Gasteiger partial charge in [-0.15, -0.1) is 0 Å². The van der Waals surface area contributed by atoms with Crippen LogP contribution >= 0.6 is 0 Å². The number of hydrogen-bond donors (Lipinski definition) is 0. The number of hydrogen-bond acceptors (Lipinski definition) is 5. The lowest BCUT2D eigenvalue weighted by atomic mass is 10.1. The molecule has 2 aromatic rings. The van der Waals surface area contributed by atoms with Crippen LogP contribution in [-0.2, 0) is 32.2 Å². The molecule has 0 amide bonds. The Balaban J connectivity index is 1.44. The molecule has 5 nitrogen and oxygen atoms in total. The van der Waals surface area contributed by atoms with Crippen molar-refractivity contribution in [3.8, 4) is 5.75 Å². The molecule has 26 heavy (non-hydrogen) atoms. The van der Waals surface area contributed by atoms with E-state index in [0.29, 0.717) is 26.2 Å². The topological polar surface area (TPSA) is 54.0 Å². The molecular formula is C21H24O5. The minimum atomic E-state index is -0.524. The van der Waals surface area contributed by atoms with Gasteiger partial charge in [-0.1, -0.05) is 42.5 Å². The van der Waals surface area contributed by atoms with Crippen molar-refractivity contribution in [1.82, 2.24) is 0 Å². The van der Waals surface area contributed by atoms with Crippen molar-refractivity contribution >= 4 is 5.78 Å². The van der Waals surface area contributed by atoms with E-state index in [1.54, 1.807) is 7.11 Å². The predicted octanol–water partition coefficient (Wildman–Crippen LogP) is 3.50. The van der Waals surface area contributed by atoms with Crippen LogP contribution in [0.1, 0.15) is 24.0 Å². The van der Waals surface area contributed by atoms with Crippen LogP contribution in [0.5, 0.6) is 5.75 Å². The molecule has 1 aliphatic rings. The van der Waals surface area contributed by atoms with E-state index in [0.717, 1.165) is 16.9 Å². The Morgan fingerprint density at radius 2 is 1.69 bits per heavy atom. The van der Waals surface area contributed by atoms with Crippen molar-refractivity contribution in [2.75, 3.05) is 13.7 Å². The third-order valence-electron chi connectivity index (χ3n) is 4.20. The summed E-state index contributed by atoms with van der Waals surface area (Å²) in [6.07, 6.45) is -0.132. The number of rotatable bonds is 8. The zero-order valence-electron chi connectivity index (χ0n) is 14.9. The Bertz CT molecular complexity index is 683. The van der Waals surface area contributed by atoms with Gasteiger partial charge in [0.15, 0.2) is 6.29 Å². The second-order valence-corrected chi connectivity index (χ2v) is 6.29. The molecule has 0 bridgehead atoms. The molecule has 1 fully saturated rings. The first-order chi connectivity index (χ1) is 12.7. The Hall–Kier alpha value is -2.21. The molecular weight excluding hydrogens is 332 g/mol. The molecule has 2 atom stereocenters. The van der Waals surface area contributed by atoms with Gasteiger partial charge in [-0.25, -0.2) is 0 Å². The van der Waals surface area contributed by atoms with Crippen LogP contribution in [0.25, 0.3) is 0 Å². The highest BCUT2D eigenvalue weighted by atomic mass is 16.7. The van der Waals surface area contributed by atoms with E-state index in [1.165, 1.54) is 0 Å². The Labute approximate surface area is 153 Å². The molecule has 1 saturated heterocycles. The lowest BCUT2D eigenvalue weighted by Crippen LogP contribution is -2.37. The number of ether oxygens (including phenoxy) is 4. The molecule has 1 aliphatic heterocycles. The fourth-order valence-corrected chi connectivity index (χ4v) is 2.82. The summed E-state index contributed by atoms with van der Waals surface area (Å²) in [5.74, 6) is 0.942. The summed E-state index contributed by atoms with van der Waals surface area (Å²) in [5.41, 5.74) is 2.10. The quantitative estimate of drug-likeness (QED) is 0.725. The monoisotopic (exact) mass is 356 g/mol. The van der Waals surface area contributed by atoms with Crippen molar-refractivity contribution in [2.45, 2.75) is 38.4 Å². The van der Waals surface area contributed by atoms with Gasteiger partial charge in [0.2, 0.25) is 0 Å². The number of Topliss-reactive ketones (excluding diaryl/α,β-unsaturated/α-hetero) is 1. The van der Waals surface area contributed by atoms with Crippen LogP contribution in [0.15, 0.2) is 54.6 Å². The summed E-state index contributed by atoms with van der Waals surface area (Å²) in [6, 6.07) is 17.6. The van der Waals surface area contributed by atoms with E-state index in [2.05, 4.69) is 0 Å². The van der Waals surface area contributed by atoms with Crippen molar-refractivity contribution in [3.63, 3.8) is 0 Å². The number of benzene rings is 2. The average Bonchev–Trinajstić information content (AvgIpc) is 2.67. The fourth-order valence-electron chi connectivity index (χ4n) is 2.82. The molecule has 1 heterocycles. The molecule has 0 saturated carbocycles. The van der Waals surface area contributed by atoms with Gasteiger partial charge in [-0.2, -0.15) is 0 Å². The molecule has 2 aromatic carbocycles. The normalized spacial score (nSPS) is 20.1. The Kier molecular flexibility index (Phi) is 6.77. The second-order valence-electron chi connectivity index (χ2n) is 6.29. The molecule has 5 heteroatoms. The van der Waals surface area contributed by atoms with Gasteiger partial charge in [0.1, 0.15) is 11.5 Å². The van der Waals surface area contributed by atoms with Crippen LogP contribution in [0.2, 0.25) is 0 Å². The largest absolute Gasteiger partial charge is 0.497 e. The fraction of sp³-hybridized carbons (Fsp3) is 0.381. The third-order valence-corrected chi connectivity index (χ3v) is 4.20. The molecule has 0 aliphatic carbocycles. The average molecular weight is 356 g/mol. The van der Waals surface area contributed by atoms with Gasteiger partial charge in [0, 0.05) is 6.42 Å². The first-order valence-corrected chi connectivity index (χ1v) is 8.76. The summed E-state index contributed by atoms with van der Waals surface area (Å²) in [7, 11) is 1.63. The van der Waals surface area contributed by atoms with Gasteiger partial charge in [-0.05, 0) is 23.3 Å². The van der Waals surface area contributed by atoms with E-state index >= 15 is 0 Å². The van der Waals surface area contributed by atoms with Crippen LogP contribution in [-0.4, -0.2) is 31.9 Å². The molecule has 0 radical (unpaired) electrons. The number of carbonyl (C=O) groups excluding carboxylic acids is 1. The smallest absolute Gasteiger partial charge is 0.165 e. The van der Waals surface area contributed by atoms with E-state index in [1.807, 2.05) is 54.6 Å². The van der Waals surface area contributed by atoms with E-state index in [-0.39, 0.29) is 18.3 Å². The summed E-state index contributed by atoms with van der Waals surface area (Å²) in [4.78, 5) is 12.0. The van der Waals surface area contributed by atoms with Crippen molar-refractivity contribution in [1.29, 1.82) is 0 Å². The summed E-state index contributed by atoms with van der Waals surface area (Å²) < 4.78 is 22.5. The van der Waals surface area contributed by atoms with Crippen LogP contribution < -0.4 is 4.74 Å². The standard InChI is InChI=1S/C21H24O5/c1-23-19-9-7-17(8-10-19)14-25-21-12-18(22)11-20(26-21)15-24-13-16-5-3-2-4-6-16/h2-10,20-21H,11-15H2,1H3/t20-,21+/m0/s1. The molecule has 0 spiro atoms. The van der Waals surface area contributed by atoms with Gasteiger partial charge in [0.25, 0.3) is 0 Å². The van der Waals surface area contributed by atoms with Crippen LogP contribution in [0.3, 0.4) is 0 Å². The zero-order valence-corrected chi connectivity index (χ0v) is 14.9. The number of carbonyl (C=O) groups is 1. The minimum Gasteiger partial charge on any atom is -0.497 e. The predicted molar refractivity (Wildman–Crippen MR) is 96.8 cm³/mol. The number of methoxy groups -OCH3 is 1.